The van der Waals surface area contributed by atoms with Gasteiger partial charge in [0.05, 0.1) is 0 Å². The average molecular weight is 114 g/mol. The molecule has 1 atom stereocenters. The highest BCUT2D eigenvalue weighted by molar-refractivity contribution is 4.72. The standard InChI is InChI=1S/C6H10O2/c1-7-6-4-2-3-5-8-6/h6H,2-3,5H2,1H3. The number of hydrogen-bond acceptors (Lipinski definition) is 2. The Morgan fingerprint density at radius 2 is 2.62 bits per heavy atom. The minimum absolute atomic E-state index is 0.163. The molecule has 0 aliphatic carbocycles. The predicted octanol–water partition coefficient (Wildman–Crippen LogP) is 0.851. The molecular weight excluding hydrogens is 104 g/mol. The van der Waals surface area contributed by atoms with Crippen molar-refractivity contribution in [2.24, 2.45) is 0 Å². The molecule has 46 valence electrons. The Morgan fingerprint density at radius 3 is 3.00 bits per heavy atom. The van der Waals surface area contributed by atoms with Crippen molar-refractivity contribution in [3.05, 3.63) is 6.42 Å². The molecule has 0 bridgehead atoms. The van der Waals surface area contributed by atoms with Gasteiger partial charge in [-0.25, -0.2) is 0 Å². The molecule has 2 nitrogen and oxygen atoms in total. The fourth-order valence-corrected chi connectivity index (χ4v) is 0.693. The van der Waals surface area contributed by atoms with Gasteiger partial charge in [0.1, 0.15) is 0 Å². The second-order valence-corrected chi connectivity index (χ2v) is 1.75. The zero-order chi connectivity index (χ0) is 5.82. The van der Waals surface area contributed by atoms with Crippen LogP contribution in [0.1, 0.15) is 12.8 Å². The Bertz CT molecular complexity index is 57.5. The molecule has 1 fully saturated rings. The molecule has 2 heteroatoms. The Labute approximate surface area is 49.8 Å². The molecule has 1 unspecified atom stereocenters. The Kier molecular flexibility index (Phi) is 2.30. The van der Waals surface area contributed by atoms with Gasteiger partial charge in [-0.1, -0.05) is 0 Å². The van der Waals surface area contributed by atoms with E-state index < -0.39 is 0 Å². The van der Waals surface area contributed by atoms with Crippen LogP contribution in [0.5, 0.6) is 0 Å². The third-order valence-electron chi connectivity index (χ3n) is 1.12. The van der Waals surface area contributed by atoms with Gasteiger partial charge >= 0.3 is 0 Å². The number of rotatable bonds is 1. The van der Waals surface area contributed by atoms with E-state index in [0.29, 0.717) is 0 Å². The molecule has 0 aromatic carbocycles. The quantitative estimate of drug-likeness (QED) is 0.503. The first-order valence-electron chi connectivity index (χ1n) is 2.81. The van der Waals surface area contributed by atoms with Gasteiger partial charge in [0.2, 0.25) is 0 Å². The molecule has 1 aliphatic heterocycles. The zero-order valence-electron chi connectivity index (χ0n) is 5.02. The summed E-state index contributed by atoms with van der Waals surface area (Å²) >= 11 is 0. The van der Waals surface area contributed by atoms with Gasteiger partial charge in [-0.05, 0) is 12.8 Å². The van der Waals surface area contributed by atoms with Crippen molar-refractivity contribution >= 4 is 0 Å². The summed E-state index contributed by atoms with van der Waals surface area (Å²) in [6, 6.07) is 0. The van der Waals surface area contributed by atoms with E-state index >= 15 is 0 Å². The van der Waals surface area contributed by atoms with Gasteiger partial charge in [-0.15, -0.1) is 0 Å². The van der Waals surface area contributed by atoms with Gasteiger partial charge in [-0.2, -0.15) is 0 Å². The van der Waals surface area contributed by atoms with Crippen molar-refractivity contribution in [1.82, 2.24) is 0 Å². The third-order valence-corrected chi connectivity index (χ3v) is 1.12. The first-order valence-corrected chi connectivity index (χ1v) is 2.81. The van der Waals surface area contributed by atoms with Crippen LogP contribution in [-0.4, -0.2) is 20.0 Å². The van der Waals surface area contributed by atoms with Crippen molar-refractivity contribution in [2.45, 2.75) is 19.1 Å². The van der Waals surface area contributed by atoms with E-state index in [9.17, 15) is 0 Å². The largest absolute Gasteiger partial charge is 0.355 e. The van der Waals surface area contributed by atoms with Gasteiger partial charge in [-0.3, -0.25) is 0 Å². The van der Waals surface area contributed by atoms with Crippen LogP contribution in [0.4, 0.5) is 0 Å². The number of hydrogen-bond donors (Lipinski definition) is 0. The lowest BCUT2D eigenvalue weighted by atomic mass is 10.2. The first-order chi connectivity index (χ1) is 3.93. The molecule has 8 heavy (non-hydrogen) atoms. The average Bonchev–Trinajstić information content (AvgIpc) is 1.90. The summed E-state index contributed by atoms with van der Waals surface area (Å²) in [5, 5.41) is 0. The highest BCUT2D eigenvalue weighted by Crippen LogP contribution is 2.10. The maximum Gasteiger partial charge on any atom is 0.164 e. The lowest BCUT2D eigenvalue weighted by Gasteiger charge is -2.19. The van der Waals surface area contributed by atoms with Crippen LogP contribution in [-0.2, 0) is 9.47 Å². The monoisotopic (exact) mass is 114 g/mol. The lowest BCUT2D eigenvalue weighted by Crippen LogP contribution is -2.20. The molecule has 1 rings (SSSR count). The van der Waals surface area contributed by atoms with Crippen molar-refractivity contribution < 1.29 is 9.47 Å². The summed E-state index contributed by atoms with van der Waals surface area (Å²) < 4.78 is 9.95. The maximum absolute atomic E-state index is 5.09. The van der Waals surface area contributed by atoms with Crippen LogP contribution in [0.2, 0.25) is 0 Å². The van der Waals surface area contributed by atoms with Crippen LogP contribution in [0.15, 0.2) is 0 Å². The van der Waals surface area contributed by atoms with Crippen LogP contribution in [0.3, 0.4) is 0 Å². The molecule has 0 N–H and O–H groups in total. The van der Waals surface area contributed by atoms with E-state index in [1.165, 1.54) is 0 Å². The SMILES string of the molecule is COC1[C]CCCO1. The van der Waals surface area contributed by atoms with E-state index in [1.54, 1.807) is 7.11 Å². The number of methoxy groups -OCH3 is 1. The highest BCUT2D eigenvalue weighted by Gasteiger charge is 2.11. The highest BCUT2D eigenvalue weighted by atomic mass is 16.7. The normalized spacial score (nSPS) is 30.4. The van der Waals surface area contributed by atoms with E-state index in [4.69, 9.17) is 9.47 Å². The summed E-state index contributed by atoms with van der Waals surface area (Å²) in [5.41, 5.74) is 0. The topological polar surface area (TPSA) is 18.5 Å². The van der Waals surface area contributed by atoms with Gasteiger partial charge in [0, 0.05) is 20.1 Å². The molecule has 0 saturated carbocycles. The second-order valence-electron chi connectivity index (χ2n) is 1.75. The molecule has 2 radical (unpaired) electrons. The Hall–Kier alpha value is -0.0800. The molecular formula is C6H10O2. The number of ether oxygens (including phenoxy) is 2. The Balaban J connectivity index is 2.13. The minimum Gasteiger partial charge on any atom is -0.355 e. The third kappa shape index (κ3) is 1.46. The molecule has 1 aliphatic rings. The van der Waals surface area contributed by atoms with E-state index in [-0.39, 0.29) is 6.29 Å². The van der Waals surface area contributed by atoms with Gasteiger partial charge < -0.3 is 9.47 Å². The van der Waals surface area contributed by atoms with Crippen molar-refractivity contribution in [2.75, 3.05) is 13.7 Å². The summed E-state index contributed by atoms with van der Waals surface area (Å²) in [7, 11) is 1.63. The fraction of sp³-hybridized carbons (Fsp3) is 0.833. The molecule has 0 amide bonds. The lowest BCUT2D eigenvalue weighted by molar-refractivity contribution is -0.116. The maximum atomic E-state index is 5.09. The molecule has 1 saturated heterocycles. The van der Waals surface area contributed by atoms with Gasteiger partial charge in [0.25, 0.3) is 0 Å². The summed E-state index contributed by atoms with van der Waals surface area (Å²) in [4.78, 5) is 0. The van der Waals surface area contributed by atoms with Gasteiger partial charge in [0.15, 0.2) is 6.29 Å². The molecule has 0 spiro atoms. The van der Waals surface area contributed by atoms with E-state index in [2.05, 4.69) is 6.42 Å². The van der Waals surface area contributed by atoms with Crippen LogP contribution in [0.25, 0.3) is 0 Å². The zero-order valence-corrected chi connectivity index (χ0v) is 5.02. The van der Waals surface area contributed by atoms with Crippen LogP contribution < -0.4 is 0 Å². The smallest absolute Gasteiger partial charge is 0.164 e. The molecule has 0 aromatic rings. The second kappa shape index (κ2) is 3.05. The van der Waals surface area contributed by atoms with E-state index in [0.717, 1.165) is 19.4 Å². The molecule has 1 heterocycles. The fourth-order valence-electron chi connectivity index (χ4n) is 0.693. The van der Waals surface area contributed by atoms with Crippen LogP contribution >= 0.6 is 0 Å². The van der Waals surface area contributed by atoms with E-state index in [1.807, 2.05) is 0 Å². The molecule has 0 aromatic heterocycles. The Morgan fingerprint density at radius 1 is 1.75 bits per heavy atom. The first kappa shape index (κ1) is 6.05. The minimum atomic E-state index is -0.163. The van der Waals surface area contributed by atoms with Crippen molar-refractivity contribution in [3.8, 4) is 0 Å². The van der Waals surface area contributed by atoms with Crippen molar-refractivity contribution in [3.63, 3.8) is 0 Å². The summed E-state index contributed by atoms with van der Waals surface area (Å²) in [6.45, 7) is 0.811. The van der Waals surface area contributed by atoms with Crippen LogP contribution in [0, 0.1) is 6.42 Å². The predicted molar refractivity (Wildman–Crippen MR) is 29.2 cm³/mol. The van der Waals surface area contributed by atoms with Crippen molar-refractivity contribution in [1.29, 1.82) is 0 Å². The summed E-state index contributed by atoms with van der Waals surface area (Å²) in [6.07, 6.45) is 4.94. The summed E-state index contributed by atoms with van der Waals surface area (Å²) in [5.74, 6) is 0.